The summed E-state index contributed by atoms with van der Waals surface area (Å²) >= 11 is 0. The molecule has 0 spiro atoms. The number of aromatic amines is 1. The van der Waals surface area contributed by atoms with Crippen LogP contribution in [0.15, 0.2) is 30.5 Å². The number of fused-ring (bicyclic) bond motifs is 1. The number of carbonyl (C=O) groups is 1. The van der Waals surface area contributed by atoms with Gasteiger partial charge in [0.05, 0.1) is 13.0 Å². The van der Waals surface area contributed by atoms with Crippen molar-refractivity contribution in [3.8, 4) is 0 Å². The molecule has 4 nitrogen and oxygen atoms in total. The van der Waals surface area contributed by atoms with Crippen molar-refractivity contribution in [1.82, 2.24) is 10.3 Å². The molecule has 0 saturated heterocycles. The van der Waals surface area contributed by atoms with Crippen LogP contribution in [0.4, 0.5) is 0 Å². The number of aromatic nitrogens is 1. The number of esters is 1. The molecule has 2 rings (SSSR count). The van der Waals surface area contributed by atoms with Crippen LogP contribution in [0.5, 0.6) is 0 Å². The SMILES string of the molecule is CCOC(=O)CCNCCc1c[nH]c2ccccc12. The molecule has 0 radical (unpaired) electrons. The van der Waals surface area contributed by atoms with E-state index in [0.717, 1.165) is 13.0 Å². The van der Waals surface area contributed by atoms with Crippen LogP contribution in [0.25, 0.3) is 10.9 Å². The molecule has 1 aromatic carbocycles. The Hall–Kier alpha value is -1.81. The number of hydrogen-bond donors (Lipinski definition) is 2. The highest BCUT2D eigenvalue weighted by atomic mass is 16.5. The van der Waals surface area contributed by atoms with Gasteiger partial charge in [-0.1, -0.05) is 18.2 Å². The van der Waals surface area contributed by atoms with E-state index in [4.69, 9.17) is 4.74 Å². The number of ether oxygens (including phenoxy) is 1. The zero-order chi connectivity index (χ0) is 13.5. The number of hydrogen-bond acceptors (Lipinski definition) is 3. The molecule has 0 amide bonds. The Morgan fingerprint density at radius 2 is 2.16 bits per heavy atom. The van der Waals surface area contributed by atoms with Gasteiger partial charge in [0, 0.05) is 23.6 Å². The van der Waals surface area contributed by atoms with E-state index < -0.39 is 0 Å². The third-order valence-corrected chi connectivity index (χ3v) is 3.06. The summed E-state index contributed by atoms with van der Waals surface area (Å²) in [4.78, 5) is 14.4. The summed E-state index contributed by atoms with van der Waals surface area (Å²) < 4.78 is 4.87. The van der Waals surface area contributed by atoms with Crippen LogP contribution in [-0.2, 0) is 16.0 Å². The van der Waals surface area contributed by atoms with E-state index in [9.17, 15) is 4.79 Å². The van der Waals surface area contributed by atoms with Gasteiger partial charge in [-0.05, 0) is 31.5 Å². The molecule has 0 bridgehead atoms. The van der Waals surface area contributed by atoms with Crippen LogP contribution >= 0.6 is 0 Å². The Morgan fingerprint density at radius 1 is 1.32 bits per heavy atom. The van der Waals surface area contributed by atoms with Crippen LogP contribution in [0, 0.1) is 0 Å². The minimum absolute atomic E-state index is 0.137. The average molecular weight is 260 g/mol. The van der Waals surface area contributed by atoms with Crippen molar-refractivity contribution in [3.63, 3.8) is 0 Å². The molecular weight excluding hydrogens is 240 g/mol. The Kier molecular flexibility index (Phi) is 4.98. The topological polar surface area (TPSA) is 54.1 Å². The number of carbonyl (C=O) groups excluding carboxylic acids is 1. The van der Waals surface area contributed by atoms with E-state index in [-0.39, 0.29) is 5.97 Å². The molecule has 4 heteroatoms. The van der Waals surface area contributed by atoms with Crippen molar-refractivity contribution >= 4 is 16.9 Å². The Labute approximate surface area is 113 Å². The molecule has 1 aromatic heterocycles. The fourth-order valence-electron chi connectivity index (χ4n) is 2.11. The van der Waals surface area contributed by atoms with E-state index in [1.165, 1.54) is 16.5 Å². The van der Waals surface area contributed by atoms with E-state index in [1.54, 1.807) is 0 Å². The lowest BCUT2D eigenvalue weighted by molar-refractivity contribution is -0.142. The highest BCUT2D eigenvalue weighted by molar-refractivity contribution is 5.83. The number of H-pyrrole nitrogens is 1. The molecule has 0 atom stereocenters. The molecule has 102 valence electrons. The lowest BCUT2D eigenvalue weighted by Crippen LogP contribution is -2.21. The fraction of sp³-hybridized carbons (Fsp3) is 0.400. The third kappa shape index (κ3) is 3.83. The van der Waals surface area contributed by atoms with Gasteiger partial charge in [0.1, 0.15) is 0 Å². The molecule has 0 aliphatic heterocycles. The lowest BCUT2D eigenvalue weighted by atomic mass is 10.1. The van der Waals surface area contributed by atoms with Crippen LogP contribution < -0.4 is 5.32 Å². The van der Waals surface area contributed by atoms with E-state index in [0.29, 0.717) is 19.6 Å². The smallest absolute Gasteiger partial charge is 0.307 e. The van der Waals surface area contributed by atoms with Crippen molar-refractivity contribution in [2.75, 3.05) is 19.7 Å². The lowest BCUT2D eigenvalue weighted by Gasteiger charge is -2.04. The predicted octanol–water partition coefficient (Wildman–Crippen LogP) is 2.25. The molecular formula is C15H20N2O2. The Balaban J connectivity index is 1.73. The second-order valence-corrected chi connectivity index (χ2v) is 4.41. The van der Waals surface area contributed by atoms with Gasteiger partial charge in [0.15, 0.2) is 0 Å². The number of rotatable bonds is 7. The largest absolute Gasteiger partial charge is 0.466 e. The van der Waals surface area contributed by atoms with Gasteiger partial charge < -0.3 is 15.0 Å². The molecule has 2 aromatic rings. The molecule has 0 aliphatic carbocycles. The quantitative estimate of drug-likeness (QED) is 0.593. The predicted molar refractivity (Wildman–Crippen MR) is 76.1 cm³/mol. The van der Waals surface area contributed by atoms with Gasteiger partial charge >= 0.3 is 5.97 Å². The van der Waals surface area contributed by atoms with Crippen molar-refractivity contribution in [1.29, 1.82) is 0 Å². The zero-order valence-electron chi connectivity index (χ0n) is 11.2. The van der Waals surface area contributed by atoms with Crippen molar-refractivity contribution < 1.29 is 9.53 Å². The average Bonchev–Trinajstić information content (AvgIpc) is 2.82. The summed E-state index contributed by atoms with van der Waals surface area (Å²) in [5.41, 5.74) is 2.48. The molecule has 0 fully saturated rings. The van der Waals surface area contributed by atoms with Crippen LogP contribution in [0.3, 0.4) is 0 Å². The molecule has 2 N–H and O–H groups in total. The van der Waals surface area contributed by atoms with Gasteiger partial charge in [0.25, 0.3) is 0 Å². The normalized spacial score (nSPS) is 10.8. The van der Waals surface area contributed by atoms with Crippen molar-refractivity contribution in [2.24, 2.45) is 0 Å². The number of nitrogens with one attached hydrogen (secondary N) is 2. The minimum Gasteiger partial charge on any atom is -0.466 e. The highest BCUT2D eigenvalue weighted by Gasteiger charge is 2.03. The first kappa shape index (κ1) is 13.6. The standard InChI is InChI=1S/C15H20N2O2/c1-2-19-15(18)8-10-16-9-7-12-11-17-14-6-4-3-5-13(12)14/h3-6,11,16-17H,2,7-10H2,1H3. The second kappa shape index (κ2) is 6.95. The van der Waals surface area contributed by atoms with Gasteiger partial charge in [0.2, 0.25) is 0 Å². The number of para-hydroxylation sites is 1. The zero-order valence-corrected chi connectivity index (χ0v) is 11.2. The first-order chi connectivity index (χ1) is 9.31. The summed E-state index contributed by atoms with van der Waals surface area (Å²) in [6.45, 7) is 3.80. The maximum atomic E-state index is 11.1. The van der Waals surface area contributed by atoms with Crippen molar-refractivity contribution in [2.45, 2.75) is 19.8 Å². The van der Waals surface area contributed by atoms with Crippen LogP contribution in [0.1, 0.15) is 18.9 Å². The Bertz CT molecular complexity index is 534. The van der Waals surface area contributed by atoms with Gasteiger partial charge in [-0.15, -0.1) is 0 Å². The van der Waals surface area contributed by atoms with Crippen LogP contribution in [-0.4, -0.2) is 30.6 Å². The highest BCUT2D eigenvalue weighted by Crippen LogP contribution is 2.17. The van der Waals surface area contributed by atoms with Gasteiger partial charge in [-0.2, -0.15) is 0 Å². The minimum atomic E-state index is -0.137. The molecule has 0 saturated carbocycles. The second-order valence-electron chi connectivity index (χ2n) is 4.41. The summed E-state index contributed by atoms with van der Waals surface area (Å²) in [5.74, 6) is -0.137. The molecule has 1 heterocycles. The van der Waals surface area contributed by atoms with Crippen molar-refractivity contribution in [3.05, 3.63) is 36.0 Å². The van der Waals surface area contributed by atoms with E-state index in [2.05, 4.69) is 28.6 Å². The molecule has 0 unspecified atom stereocenters. The summed E-state index contributed by atoms with van der Waals surface area (Å²) in [6, 6.07) is 8.28. The summed E-state index contributed by atoms with van der Waals surface area (Å²) in [7, 11) is 0. The first-order valence-corrected chi connectivity index (χ1v) is 6.72. The summed E-state index contributed by atoms with van der Waals surface area (Å²) in [5, 5.41) is 4.54. The fourth-order valence-corrected chi connectivity index (χ4v) is 2.11. The maximum absolute atomic E-state index is 11.1. The third-order valence-electron chi connectivity index (χ3n) is 3.06. The molecule has 19 heavy (non-hydrogen) atoms. The maximum Gasteiger partial charge on any atom is 0.307 e. The summed E-state index contributed by atoms with van der Waals surface area (Å²) in [6.07, 6.45) is 3.44. The Morgan fingerprint density at radius 3 is 3.00 bits per heavy atom. The number of benzene rings is 1. The van der Waals surface area contributed by atoms with Gasteiger partial charge in [-0.25, -0.2) is 0 Å². The first-order valence-electron chi connectivity index (χ1n) is 6.72. The molecule has 0 aliphatic rings. The van der Waals surface area contributed by atoms with E-state index >= 15 is 0 Å². The van der Waals surface area contributed by atoms with Crippen LogP contribution in [0.2, 0.25) is 0 Å². The van der Waals surface area contributed by atoms with E-state index in [1.807, 2.05) is 19.1 Å². The monoisotopic (exact) mass is 260 g/mol. The van der Waals surface area contributed by atoms with Gasteiger partial charge in [-0.3, -0.25) is 4.79 Å².